The molecule has 72 valence electrons. The molecule has 1 aliphatic carbocycles. The van der Waals surface area contributed by atoms with Crippen LogP contribution >= 0.6 is 0 Å². The van der Waals surface area contributed by atoms with Gasteiger partial charge < -0.3 is 5.32 Å². The smallest absolute Gasteiger partial charge is 0.0364 e. The van der Waals surface area contributed by atoms with Crippen molar-refractivity contribution in [2.24, 2.45) is 5.92 Å². The zero-order valence-electron chi connectivity index (χ0n) is 8.11. The van der Waals surface area contributed by atoms with Crippen molar-refractivity contribution < 1.29 is 0 Å². The number of aromatic nitrogens is 1. The van der Waals surface area contributed by atoms with E-state index in [0.717, 1.165) is 5.92 Å². The summed E-state index contributed by atoms with van der Waals surface area (Å²) in [6.45, 7) is 1.20. The van der Waals surface area contributed by atoms with Crippen LogP contribution in [-0.2, 0) is 0 Å². The molecule has 0 amide bonds. The number of hydrogen-bond donors (Lipinski definition) is 1. The Hall–Kier alpha value is -1.15. The van der Waals surface area contributed by atoms with Crippen LogP contribution in [-0.4, -0.2) is 17.6 Å². The number of rotatable bonds is 1. The Morgan fingerprint density at radius 3 is 3.14 bits per heavy atom. The van der Waals surface area contributed by atoms with Crippen molar-refractivity contribution in [1.29, 1.82) is 0 Å². The fourth-order valence-corrected chi connectivity index (χ4v) is 2.45. The van der Waals surface area contributed by atoms with Gasteiger partial charge in [-0.15, -0.1) is 0 Å². The highest BCUT2D eigenvalue weighted by atomic mass is 15.0. The molecule has 1 saturated heterocycles. The van der Waals surface area contributed by atoms with E-state index in [4.69, 9.17) is 0 Å². The minimum atomic E-state index is 0.605. The Morgan fingerprint density at radius 1 is 1.43 bits per heavy atom. The fourth-order valence-electron chi connectivity index (χ4n) is 2.45. The van der Waals surface area contributed by atoms with Gasteiger partial charge in [0.05, 0.1) is 0 Å². The van der Waals surface area contributed by atoms with Gasteiger partial charge in [0.2, 0.25) is 0 Å². The van der Waals surface area contributed by atoms with Crippen molar-refractivity contribution in [3.63, 3.8) is 0 Å². The van der Waals surface area contributed by atoms with Crippen LogP contribution in [0.3, 0.4) is 0 Å². The number of nitrogens with one attached hydrogen (secondary N) is 1. The van der Waals surface area contributed by atoms with Gasteiger partial charge in [-0.1, -0.05) is 12.1 Å². The Bertz CT molecular complexity index is 356. The monoisotopic (exact) mass is 186 g/mol. The average Bonchev–Trinajstić information content (AvgIpc) is 2.21. The van der Waals surface area contributed by atoms with Crippen molar-refractivity contribution in [3.05, 3.63) is 36.2 Å². The average molecular weight is 186 g/mol. The Kier molecular flexibility index (Phi) is 1.88. The van der Waals surface area contributed by atoms with Crippen molar-refractivity contribution in [3.8, 4) is 0 Å². The van der Waals surface area contributed by atoms with Crippen molar-refractivity contribution in [2.45, 2.75) is 18.9 Å². The maximum Gasteiger partial charge on any atom is 0.0364 e. The van der Waals surface area contributed by atoms with Crippen LogP contribution in [0.2, 0.25) is 0 Å². The molecule has 3 rings (SSSR count). The van der Waals surface area contributed by atoms with Crippen LogP contribution in [0, 0.1) is 5.92 Å². The molecule has 0 unspecified atom stereocenters. The van der Waals surface area contributed by atoms with E-state index in [0.29, 0.717) is 6.04 Å². The SMILES string of the molecule is C1=C(c2cccnc2)[C@H]2NC[C@H]2CC1. The summed E-state index contributed by atoms with van der Waals surface area (Å²) >= 11 is 0. The third-order valence-corrected chi connectivity index (χ3v) is 3.30. The number of fused-ring (bicyclic) bond motifs is 1. The van der Waals surface area contributed by atoms with Crippen molar-refractivity contribution in [2.75, 3.05) is 6.54 Å². The van der Waals surface area contributed by atoms with E-state index in [9.17, 15) is 0 Å². The Morgan fingerprint density at radius 2 is 2.43 bits per heavy atom. The summed E-state index contributed by atoms with van der Waals surface area (Å²) in [5, 5.41) is 3.50. The first-order valence-electron chi connectivity index (χ1n) is 5.29. The van der Waals surface area contributed by atoms with Gasteiger partial charge in [0, 0.05) is 25.0 Å². The van der Waals surface area contributed by atoms with Crippen LogP contribution in [0.1, 0.15) is 18.4 Å². The maximum atomic E-state index is 4.17. The summed E-state index contributed by atoms with van der Waals surface area (Å²) in [6, 6.07) is 4.77. The molecular formula is C12H14N2. The lowest BCUT2D eigenvalue weighted by Gasteiger charge is -2.42. The van der Waals surface area contributed by atoms with Gasteiger partial charge in [-0.05, 0) is 36.0 Å². The number of nitrogens with zero attached hydrogens (tertiary/aromatic N) is 1. The van der Waals surface area contributed by atoms with Crippen molar-refractivity contribution >= 4 is 5.57 Å². The number of allylic oxidation sites excluding steroid dienone is 1. The lowest BCUT2D eigenvalue weighted by atomic mass is 9.76. The quantitative estimate of drug-likeness (QED) is 0.724. The molecule has 0 bridgehead atoms. The van der Waals surface area contributed by atoms with E-state index >= 15 is 0 Å². The van der Waals surface area contributed by atoms with Gasteiger partial charge in [-0.25, -0.2) is 0 Å². The van der Waals surface area contributed by atoms with E-state index in [2.05, 4.69) is 22.4 Å². The molecule has 1 aliphatic heterocycles. The first-order valence-corrected chi connectivity index (χ1v) is 5.29. The summed E-state index contributed by atoms with van der Waals surface area (Å²) in [5.41, 5.74) is 2.75. The molecule has 1 aromatic rings. The van der Waals surface area contributed by atoms with Gasteiger partial charge in [-0.3, -0.25) is 4.98 Å². The minimum Gasteiger partial charge on any atom is -0.309 e. The van der Waals surface area contributed by atoms with Gasteiger partial charge in [0.15, 0.2) is 0 Å². The molecule has 14 heavy (non-hydrogen) atoms. The maximum absolute atomic E-state index is 4.17. The Labute approximate surface area is 84.1 Å². The molecule has 2 aliphatic rings. The predicted molar refractivity (Wildman–Crippen MR) is 56.7 cm³/mol. The third kappa shape index (κ3) is 1.18. The molecule has 2 atom stereocenters. The van der Waals surface area contributed by atoms with E-state index < -0.39 is 0 Å². The second kappa shape index (κ2) is 3.21. The summed E-state index contributed by atoms with van der Waals surface area (Å²) in [4.78, 5) is 4.17. The predicted octanol–water partition coefficient (Wildman–Crippen LogP) is 1.85. The normalized spacial score (nSPS) is 30.1. The fraction of sp³-hybridized carbons (Fsp3) is 0.417. The third-order valence-electron chi connectivity index (χ3n) is 3.30. The topological polar surface area (TPSA) is 24.9 Å². The van der Waals surface area contributed by atoms with E-state index in [1.165, 1.54) is 30.5 Å². The molecule has 2 heteroatoms. The highest BCUT2D eigenvalue weighted by molar-refractivity contribution is 5.71. The molecule has 0 spiro atoms. The molecule has 2 heterocycles. The van der Waals surface area contributed by atoms with Crippen LogP contribution in [0.4, 0.5) is 0 Å². The van der Waals surface area contributed by atoms with Crippen LogP contribution in [0.5, 0.6) is 0 Å². The number of pyridine rings is 1. The molecule has 0 radical (unpaired) electrons. The summed E-state index contributed by atoms with van der Waals surface area (Å²) in [7, 11) is 0. The zero-order chi connectivity index (χ0) is 9.38. The van der Waals surface area contributed by atoms with Gasteiger partial charge in [-0.2, -0.15) is 0 Å². The number of hydrogen-bond acceptors (Lipinski definition) is 2. The summed E-state index contributed by atoms with van der Waals surface area (Å²) < 4.78 is 0. The molecule has 2 nitrogen and oxygen atoms in total. The summed E-state index contributed by atoms with van der Waals surface area (Å²) in [5.74, 6) is 0.871. The van der Waals surface area contributed by atoms with Gasteiger partial charge in [0.1, 0.15) is 0 Å². The van der Waals surface area contributed by atoms with E-state index in [-0.39, 0.29) is 0 Å². The Balaban J connectivity index is 1.94. The largest absolute Gasteiger partial charge is 0.309 e. The second-order valence-corrected chi connectivity index (χ2v) is 4.12. The molecular weight excluding hydrogens is 172 g/mol. The first-order chi connectivity index (χ1) is 6.95. The standard InChI is InChI=1S/C12H14N2/c1-3-10-8-14-12(10)11(5-1)9-4-2-6-13-7-9/h2,4-7,10,12,14H,1,3,8H2/t10-,12+/m1/s1. The molecule has 0 aromatic carbocycles. The molecule has 1 N–H and O–H groups in total. The van der Waals surface area contributed by atoms with Gasteiger partial charge in [0.25, 0.3) is 0 Å². The van der Waals surface area contributed by atoms with E-state index in [1.807, 2.05) is 18.5 Å². The first kappa shape index (κ1) is 8.18. The molecule has 0 saturated carbocycles. The lowest BCUT2D eigenvalue weighted by molar-refractivity contribution is 0.262. The lowest BCUT2D eigenvalue weighted by Crippen LogP contribution is -2.54. The van der Waals surface area contributed by atoms with E-state index in [1.54, 1.807) is 0 Å². The minimum absolute atomic E-state index is 0.605. The molecule has 1 aromatic heterocycles. The van der Waals surface area contributed by atoms with Crippen LogP contribution in [0.25, 0.3) is 5.57 Å². The van der Waals surface area contributed by atoms with Crippen LogP contribution in [0.15, 0.2) is 30.6 Å². The summed E-state index contributed by atoms with van der Waals surface area (Å²) in [6.07, 6.45) is 8.74. The van der Waals surface area contributed by atoms with Crippen molar-refractivity contribution in [1.82, 2.24) is 10.3 Å². The molecule has 1 fully saturated rings. The highest BCUT2D eigenvalue weighted by Gasteiger charge is 2.35. The second-order valence-electron chi connectivity index (χ2n) is 4.12. The van der Waals surface area contributed by atoms with Crippen LogP contribution < -0.4 is 5.32 Å². The highest BCUT2D eigenvalue weighted by Crippen LogP contribution is 2.35. The van der Waals surface area contributed by atoms with Gasteiger partial charge >= 0.3 is 0 Å². The zero-order valence-corrected chi connectivity index (χ0v) is 8.11.